The van der Waals surface area contributed by atoms with E-state index in [1.54, 1.807) is 6.07 Å². The summed E-state index contributed by atoms with van der Waals surface area (Å²) in [7, 11) is 0. The van der Waals surface area contributed by atoms with Crippen molar-refractivity contribution in [1.29, 1.82) is 0 Å². The van der Waals surface area contributed by atoms with Crippen LogP contribution >= 0.6 is 0 Å². The topological polar surface area (TPSA) is 46.5 Å². The van der Waals surface area contributed by atoms with Crippen LogP contribution < -0.4 is 4.74 Å². The molecule has 3 nitrogen and oxygen atoms in total. The van der Waals surface area contributed by atoms with E-state index in [1.165, 1.54) is 30.3 Å². The molecule has 6 heteroatoms. The molecule has 0 amide bonds. The molecule has 0 saturated carbocycles. The van der Waals surface area contributed by atoms with E-state index < -0.39 is 17.7 Å². The Morgan fingerprint density at radius 1 is 1.10 bits per heavy atom. The maximum atomic E-state index is 12.3. The van der Waals surface area contributed by atoms with Gasteiger partial charge in [-0.15, -0.1) is 0 Å². The van der Waals surface area contributed by atoms with Gasteiger partial charge in [-0.25, -0.2) is 4.79 Å². The molecule has 0 aliphatic carbocycles. The minimum Gasteiger partial charge on any atom is -0.507 e. The molecule has 0 bridgehead atoms. The molecule has 0 unspecified atom stereocenters. The summed E-state index contributed by atoms with van der Waals surface area (Å²) in [6.45, 7) is 2.67. The van der Waals surface area contributed by atoms with E-state index in [9.17, 15) is 23.1 Å². The number of rotatable bonds is 2. The minimum absolute atomic E-state index is 0.0601. The zero-order chi connectivity index (χ0) is 14.9. The van der Waals surface area contributed by atoms with Crippen LogP contribution in [0, 0.1) is 0 Å². The van der Waals surface area contributed by atoms with Crippen molar-refractivity contribution in [2.75, 3.05) is 0 Å². The highest BCUT2D eigenvalue weighted by Gasteiger charge is 2.38. The second-order valence-corrected chi connectivity index (χ2v) is 3.99. The molecule has 0 spiro atoms. The molecule has 104 valence electrons. The van der Waals surface area contributed by atoms with Gasteiger partial charge in [-0.2, -0.15) is 13.2 Å². The first kappa shape index (κ1) is 13.9. The van der Waals surface area contributed by atoms with Gasteiger partial charge < -0.3 is 9.84 Å². The van der Waals surface area contributed by atoms with Crippen molar-refractivity contribution in [2.24, 2.45) is 0 Å². The average molecular weight is 282 g/mol. The van der Waals surface area contributed by atoms with Crippen LogP contribution in [-0.2, 0) is 4.79 Å². The molecule has 2 aromatic carbocycles. The Morgan fingerprint density at radius 3 is 2.35 bits per heavy atom. The van der Waals surface area contributed by atoms with E-state index in [-0.39, 0.29) is 11.5 Å². The standard InChI is InChI=1S/C14H9F3O3/c1-8(14(15,16)17)13(19)20-12-7-3-4-9-10(12)5-2-6-11(9)18/h2-7,18H,1H2. The van der Waals surface area contributed by atoms with Crippen LogP contribution in [0.5, 0.6) is 11.5 Å². The van der Waals surface area contributed by atoms with Crippen LogP contribution in [0.25, 0.3) is 10.8 Å². The first-order valence-electron chi connectivity index (χ1n) is 5.49. The van der Waals surface area contributed by atoms with E-state index in [2.05, 4.69) is 6.58 Å². The lowest BCUT2D eigenvalue weighted by molar-refractivity contribution is -0.142. The van der Waals surface area contributed by atoms with Crippen LogP contribution in [0.4, 0.5) is 13.2 Å². The van der Waals surface area contributed by atoms with Gasteiger partial charge in [-0.1, -0.05) is 30.8 Å². The molecule has 1 N–H and O–H groups in total. The zero-order valence-corrected chi connectivity index (χ0v) is 10.1. The van der Waals surface area contributed by atoms with Gasteiger partial charge >= 0.3 is 12.1 Å². The number of esters is 1. The second-order valence-electron chi connectivity index (χ2n) is 3.99. The van der Waals surface area contributed by atoms with E-state index in [1.807, 2.05) is 0 Å². The van der Waals surface area contributed by atoms with E-state index >= 15 is 0 Å². The number of hydrogen-bond acceptors (Lipinski definition) is 3. The van der Waals surface area contributed by atoms with Gasteiger partial charge in [0, 0.05) is 10.8 Å². The normalized spacial score (nSPS) is 11.3. The Kier molecular flexibility index (Phi) is 3.40. The smallest absolute Gasteiger partial charge is 0.422 e. The Balaban J connectivity index is 2.38. The van der Waals surface area contributed by atoms with Crippen molar-refractivity contribution in [3.05, 3.63) is 48.6 Å². The predicted octanol–water partition coefficient (Wildman–Crippen LogP) is 3.57. The lowest BCUT2D eigenvalue weighted by Gasteiger charge is -2.11. The molecule has 0 heterocycles. The lowest BCUT2D eigenvalue weighted by Crippen LogP contribution is -2.23. The highest BCUT2D eigenvalue weighted by molar-refractivity contribution is 5.97. The van der Waals surface area contributed by atoms with Crippen LogP contribution in [0.2, 0.25) is 0 Å². The molecule has 0 fully saturated rings. The molecule has 0 aromatic heterocycles. The molecule has 2 aromatic rings. The number of ether oxygens (including phenoxy) is 1. The predicted molar refractivity (Wildman–Crippen MR) is 66.4 cm³/mol. The van der Waals surface area contributed by atoms with Crippen LogP contribution in [0.15, 0.2) is 48.6 Å². The molecular weight excluding hydrogens is 273 g/mol. The third-order valence-corrected chi connectivity index (χ3v) is 2.65. The molecule has 0 atom stereocenters. The third-order valence-electron chi connectivity index (χ3n) is 2.65. The van der Waals surface area contributed by atoms with Gasteiger partial charge in [0.25, 0.3) is 0 Å². The Hall–Kier alpha value is -2.50. The van der Waals surface area contributed by atoms with Gasteiger partial charge in [0.15, 0.2) is 0 Å². The quantitative estimate of drug-likeness (QED) is 0.520. The third kappa shape index (κ3) is 2.59. The largest absolute Gasteiger partial charge is 0.507 e. The Morgan fingerprint density at radius 2 is 1.70 bits per heavy atom. The number of halogens is 3. The van der Waals surface area contributed by atoms with Crippen molar-refractivity contribution >= 4 is 16.7 Å². The molecular formula is C14H9F3O3. The molecule has 0 aliphatic rings. The fourth-order valence-corrected chi connectivity index (χ4v) is 1.63. The van der Waals surface area contributed by atoms with Crippen LogP contribution in [0.3, 0.4) is 0 Å². The summed E-state index contributed by atoms with van der Waals surface area (Å²) in [5, 5.41) is 10.3. The number of carbonyl (C=O) groups is 1. The number of hydrogen-bond donors (Lipinski definition) is 1. The maximum absolute atomic E-state index is 12.3. The first-order chi connectivity index (χ1) is 9.30. The highest BCUT2D eigenvalue weighted by Crippen LogP contribution is 2.32. The summed E-state index contributed by atoms with van der Waals surface area (Å²) >= 11 is 0. The first-order valence-corrected chi connectivity index (χ1v) is 5.49. The SMILES string of the molecule is C=C(C(=O)Oc1cccc2c(O)cccc12)C(F)(F)F. The number of phenolic OH excluding ortho intramolecular Hbond substituents is 1. The van der Waals surface area contributed by atoms with E-state index in [0.717, 1.165) is 0 Å². The van der Waals surface area contributed by atoms with E-state index in [4.69, 9.17) is 4.74 Å². The molecule has 0 radical (unpaired) electrons. The van der Waals surface area contributed by atoms with Gasteiger partial charge in [-0.3, -0.25) is 0 Å². The fourth-order valence-electron chi connectivity index (χ4n) is 1.63. The van der Waals surface area contributed by atoms with Crippen LogP contribution in [-0.4, -0.2) is 17.3 Å². The summed E-state index contributed by atoms with van der Waals surface area (Å²) < 4.78 is 41.7. The number of phenols is 1. The van der Waals surface area contributed by atoms with Gasteiger partial charge in [-0.05, 0) is 12.1 Å². The fraction of sp³-hybridized carbons (Fsp3) is 0.0714. The zero-order valence-electron chi connectivity index (χ0n) is 10.1. The minimum atomic E-state index is -4.84. The van der Waals surface area contributed by atoms with Gasteiger partial charge in [0.1, 0.15) is 17.1 Å². The number of carbonyl (C=O) groups excluding carboxylic acids is 1. The maximum Gasteiger partial charge on any atom is 0.422 e. The Bertz CT molecular complexity index is 690. The summed E-state index contributed by atoms with van der Waals surface area (Å²) in [6.07, 6.45) is -4.84. The molecule has 2 rings (SSSR count). The average Bonchev–Trinajstić information content (AvgIpc) is 2.38. The summed E-state index contributed by atoms with van der Waals surface area (Å²) in [4.78, 5) is 11.4. The van der Waals surface area contributed by atoms with Crippen molar-refractivity contribution < 1.29 is 27.8 Å². The molecule has 20 heavy (non-hydrogen) atoms. The van der Waals surface area contributed by atoms with Crippen molar-refractivity contribution in [3.8, 4) is 11.5 Å². The number of benzene rings is 2. The highest BCUT2D eigenvalue weighted by atomic mass is 19.4. The number of aromatic hydroxyl groups is 1. The summed E-state index contributed by atoms with van der Waals surface area (Å²) in [5.74, 6) is -1.71. The summed E-state index contributed by atoms with van der Waals surface area (Å²) in [6, 6.07) is 8.79. The molecule has 0 saturated heterocycles. The number of fused-ring (bicyclic) bond motifs is 1. The summed E-state index contributed by atoms with van der Waals surface area (Å²) in [5.41, 5.74) is -1.59. The Labute approximate surface area is 111 Å². The lowest BCUT2D eigenvalue weighted by atomic mass is 10.1. The number of alkyl halides is 3. The van der Waals surface area contributed by atoms with Gasteiger partial charge in [0.05, 0.1) is 0 Å². The van der Waals surface area contributed by atoms with E-state index in [0.29, 0.717) is 10.8 Å². The van der Waals surface area contributed by atoms with Crippen molar-refractivity contribution in [3.63, 3.8) is 0 Å². The van der Waals surface area contributed by atoms with Gasteiger partial charge in [0.2, 0.25) is 0 Å². The molecule has 0 aliphatic heterocycles. The monoisotopic (exact) mass is 282 g/mol. The van der Waals surface area contributed by atoms with Crippen molar-refractivity contribution in [1.82, 2.24) is 0 Å². The van der Waals surface area contributed by atoms with Crippen molar-refractivity contribution in [2.45, 2.75) is 6.18 Å². The van der Waals surface area contributed by atoms with Crippen LogP contribution in [0.1, 0.15) is 0 Å². The second kappa shape index (κ2) is 4.88.